The van der Waals surface area contributed by atoms with Gasteiger partial charge in [-0.25, -0.2) is 0 Å². The van der Waals surface area contributed by atoms with E-state index in [1.807, 2.05) is 0 Å². The average molecular weight is 178 g/mol. The third-order valence-electron chi connectivity index (χ3n) is 0.577. The van der Waals surface area contributed by atoms with Crippen LogP contribution in [0.1, 0.15) is 26.7 Å². The summed E-state index contributed by atoms with van der Waals surface area (Å²) in [5.74, 6) is 0. The van der Waals surface area contributed by atoms with Gasteiger partial charge in [0.2, 0.25) is 0 Å². The zero-order valence-corrected chi connectivity index (χ0v) is 7.36. The molecule has 0 aliphatic heterocycles. The molecule has 0 bridgehead atoms. The van der Waals surface area contributed by atoms with Crippen LogP contribution in [0.3, 0.4) is 0 Å². The van der Waals surface area contributed by atoms with Crippen molar-refractivity contribution in [2.24, 2.45) is 0 Å². The molecule has 0 saturated heterocycles. The van der Waals surface area contributed by atoms with Gasteiger partial charge in [-0.1, -0.05) is 13.8 Å². The molecule has 42 valence electrons. The Labute approximate surface area is 60.8 Å². The Kier molecular flexibility index (Phi) is 24.2. The van der Waals surface area contributed by atoms with Gasteiger partial charge in [0.1, 0.15) is 0 Å². The Morgan fingerprint density at radius 3 is 1.57 bits per heavy atom. The van der Waals surface area contributed by atoms with Crippen LogP contribution in [-0.4, -0.2) is 0 Å². The van der Waals surface area contributed by atoms with Gasteiger partial charge in [0, 0.05) is 0 Å². The first-order chi connectivity index (χ1) is 3.41. The minimum absolute atomic E-state index is 0.300. The Bertz CT molecular complexity index is 22.0. The van der Waals surface area contributed by atoms with Crippen molar-refractivity contribution in [1.29, 1.82) is 0 Å². The molecule has 2 heteroatoms. The van der Waals surface area contributed by atoms with Gasteiger partial charge >= 0.3 is 27.5 Å². The van der Waals surface area contributed by atoms with Crippen molar-refractivity contribution in [2.45, 2.75) is 26.7 Å². The first kappa shape index (κ1) is 10.6. The van der Waals surface area contributed by atoms with Crippen LogP contribution >= 0.6 is 0 Å². The third kappa shape index (κ3) is 20.4. The summed E-state index contributed by atoms with van der Waals surface area (Å²) in [4.78, 5) is 0. The molecule has 0 unspecified atom stereocenters. The maximum atomic E-state index is 8.34. The van der Waals surface area contributed by atoms with Gasteiger partial charge in [-0.05, 0) is 0 Å². The maximum absolute atomic E-state index is 8.34. The summed E-state index contributed by atoms with van der Waals surface area (Å²) in [6.07, 6.45) is 4.69. The van der Waals surface area contributed by atoms with Gasteiger partial charge < -0.3 is 6.42 Å². The van der Waals surface area contributed by atoms with E-state index < -0.39 is 0 Å². The van der Waals surface area contributed by atoms with Crippen molar-refractivity contribution >= 4 is 0 Å². The predicted molar refractivity (Wildman–Crippen MR) is 25.6 cm³/mol. The Balaban J connectivity index is 0. The molecule has 0 amide bonds. The van der Waals surface area contributed by atoms with E-state index in [-0.39, 0.29) is 0 Å². The Morgan fingerprint density at radius 1 is 1.29 bits per heavy atom. The summed E-state index contributed by atoms with van der Waals surface area (Å²) in [5.41, 5.74) is 0. The van der Waals surface area contributed by atoms with Gasteiger partial charge in [0.25, 0.3) is 0 Å². The first-order valence-electron chi connectivity index (χ1n) is 2.43. The zero-order valence-electron chi connectivity index (χ0n) is 4.90. The molecule has 0 N–H and O–H groups in total. The predicted octanol–water partition coefficient (Wildman–Crippen LogP) is 1.89. The van der Waals surface area contributed by atoms with E-state index in [4.69, 9.17) is 2.81 Å². The Hall–Kier alpha value is 0.683. The van der Waals surface area contributed by atoms with Gasteiger partial charge in [0.05, 0.1) is 0 Å². The van der Waals surface area contributed by atoms with Crippen molar-refractivity contribution in [3.63, 3.8) is 0 Å². The van der Waals surface area contributed by atoms with Gasteiger partial charge in [-0.2, -0.15) is 12.8 Å². The molecule has 0 aliphatic rings. The SMILES string of the molecule is CC[CH-]CC.[O]=[Zr]. The van der Waals surface area contributed by atoms with Crippen LogP contribution in [0.4, 0.5) is 0 Å². The van der Waals surface area contributed by atoms with E-state index in [0.29, 0.717) is 24.7 Å². The number of hydrogen-bond donors (Lipinski definition) is 0. The van der Waals surface area contributed by atoms with Gasteiger partial charge in [-0.15, -0.1) is 0 Å². The normalized spacial score (nSPS) is 6.43. The molecule has 0 rings (SSSR count). The van der Waals surface area contributed by atoms with Crippen molar-refractivity contribution in [3.8, 4) is 0 Å². The van der Waals surface area contributed by atoms with Crippen molar-refractivity contribution in [1.82, 2.24) is 0 Å². The number of rotatable bonds is 2. The van der Waals surface area contributed by atoms with Crippen LogP contribution in [0.15, 0.2) is 0 Å². The van der Waals surface area contributed by atoms with Crippen LogP contribution in [0.2, 0.25) is 0 Å². The minimum atomic E-state index is 0.300. The fourth-order valence-electron chi connectivity index (χ4n) is 0.289. The summed E-state index contributed by atoms with van der Waals surface area (Å²) in [6.45, 7) is 4.31. The molecule has 0 saturated carbocycles. The average Bonchev–Trinajstić information content (AvgIpc) is 1.75. The molecule has 0 aromatic carbocycles. The third-order valence-corrected chi connectivity index (χ3v) is 0.577. The summed E-state index contributed by atoms with van der Waals surface area (Å²) in [5, 5.41) is 0. The zero-order chi connectivity index (χ0) is 6.12. The van der Waals surface area contributed by atoms with Crippen molar-refractivity contribution in [3.05, 3.63) is 6.42 Å². The second-order valence-electron chi connectivity index (χ2n) is 1.11. The summed E-state index contributed by atoms with van der Waals surface area (Å²) < 4.78 is 8.34. The van der Waals surface area contributed by atoms with E-state index in [2.05, 4.69) is 20.3 Å². The molecule has 1 nitrogen and oxygen atoms in total. The van der Waals surface area contributed by atoms with Crippen LogP contribution in [0, 0.1) is 6.42 Å². The van der Waals surface area contributed by atoms with Gasteiger partial charge in [-0.3, -0.25) is 0 Å². The molecule has 0 heterocycles. The quantitative estimate of drug-likeness (QED) is 0.590. The fourth-order valence-corrected chi connectivity index (χ4v) is 0.289. The van der Waals surface area contributed by atoms with Gasteiger partial charge in [0.15, 0.2) is 0 Å². The topological polar surface area (TPSA) is 17.1 Å². The van der Waals surface area contributed by atoms with Crippen LogP contribution < -0.4 is 0 Å². The van der Waals surface area contributed by atoms with Crippen molar-refractivity contribution < 1.29 is 27.5 Å². The summed E-state index contributed by atoms with van der Waals surface area (Å²) >= 11 is 0.300. The molecular formula is C5H11OZr-. The molecule has 0 aromatic rings. The molecule has 0 aromatic heterocycles. The molecule has 0 spiro atoms. The number of unbranched alkanes of at least 4 members (excludes halogenated alkanes) is 2. The molecular weight excluding hydrogens is 167 g/mol. The number of hydrogen-bond acceptors (Lipinski definition) is 1. The first-order valence-corrected chi connectivity index (χ1v) is 3.44. The van der Waals surface area contributed by atoms with E-state index in [9.17, 15) is 0 Å². The van der Waals surface area contributed by atoms with E-state index >= 15 is 0 Å². The molecule has 0 radical (unpaired) electrons. The molecule has 0 fully saturated rings. The fraction of sp³-hybridized carbons (Fsp3) is 0.800. The monoisotopic (exact) mass is 177 g/mol. The second kappa shape index (κ2) is 15.9. The van der Waals surface area contributed by atoms with E-state index in [0.717, 1.165) is 0 Å². The van der Waals surface area contributed by atoms with Crippen LogP contribution in [-0.2, 0) is 27.5 Å². The van der Waals surface area contributed by atoms with E-state index in [1.54, 1.807) is 0 Å². The standard InChI is InChI=1S/C5H11.O.Zr/c1-3-5-4-2;;/h5H,3-4H2,1-2H3;;/q-1;;. The molecule has 0 atom stereocenters. The summed E-state index contributed by atoms with van der Waals surface area (Å²) in [7, 11) is 0. The Morgan fingerprint density at radius 2 is 1.57 bits per heavy atom. The van der Waals surface area contributed by atoms with Crippen LogP contribution in [0.25, 0.3) is 0 Å². The van der Waals surface area contributed by atoms with Crippen molar-refractivity contribution in [2.75, 3.05) is 0 Å². The van der Waals surface area contributed by atoms with Crippen LogP contribution in [0.5, 0.6) is 0 Å². The molecule has 7 heavy (non-hydrogen) atoms. The second-order valence-corrected chi connectivity index (χ2v) is 1.11. The summed E-state index contributed by atoms with van der Waals surface area (Å²) in [6, 6.07) is 0. The molecule has 0 aliphatic carbocycles. The van der Waals surface area contributed by atoms with E-state index in [1.165, 1.54) is 12.8 Å².